The first kappa shape index (κ1) is 13.2. The van der Waals surface area contributed by atoms with Crippen LogP contribution in [0.4, 0.5) is 10.5 Å². The van der Waals surface area contributed by atoms with E-state index in [1.54, 1.807) is 18.2 Å². The Hall–Kier alpha value is -2.23. The standard InChI is InChI=1S/C15H17N2O2/c1-2-3-10-16-15(19)17-13-8-4-7-12-11(13)6-5-9-14(12)18/h4-9,18H,1-3,10H2,(H2,16,17,19). The molecule has 0 heterocycles. The van der Waals surface area contributed by atoms with Gasteiger partial charge in [0.1, 0.15) is 5.75 Å². The highest BCUT2D eigenvalue weighted by molar-refractivity contribution is 6.03. The summed E-state index contributed by atoms with van der Waals surface area (Å²) in [6, 6.07) is 10.4. The summed E-state index contributed by atoms with van der Waals surface area (Å²) in [6.07, 6.45) is 1.65. The molecule has 0 aliphatic carbocycles. The number of hydrogen-bond acceptors (Lipinski definition) is 2. The molecule has 19 heavy (non-hydrogen) atoms. The maximum atomic E-state index is 11.7. The number of carbonyl (C=O) groups is 1. The van der Waals surface area contributed by atoms with Crippen LogP contribution in [-0.2, 0) is 0 Å². The minimum atomic E-state index is -0.246. The maximum absolute atomic E-state index is 11.7. The van der Waals surface area contributed by atoms with E-state index in [2.05, 4.69) is 17.6 Å². The molecule has 4 nitrogen and oxygen atoms in total. The Bertz CT molecular complexity index is 581. The molecule has 0 atom stereocenters. The number of amides is 2. The number of nitrogens with one attached hydrogen (secondary N) is 2. The lowest BCUT2D eigenvalue weighted by atomic mass is 10.1. The number of aromatic hydroxyl groups is 1. The van der Waals surface area contributed by atoms with Crippen molar-refractivity contribution in [3.05, 3.63) is 43.3 Å². The van der Waals surface area contributed by atoms with Gasteiger partial charge >= 0.3 is 6.03 Å². The Balaban J connectivity index is 2.17. The van der Waals surface area contributed by atoms with Crippen LogP contribution in [0.3, 0.4) is 0 Å². The van der Waals surface area contributed by atoms with E-state index in [9.17, 15) is 9.90 Å². The van der Waals surface area contributed by atoms with Gasteiger partial charge in [-0.05, 0) is 18.6 Å². The van der Waals surface area contributed by atoms with Crippen LogP contribution in [0.15, 0.2) is 36.4 Å². The van der Waals surface area contributed by atoms with E-state index in [0.29, 0.717) is 12.2 Å². The highest BCUT2D eigenvalue weighted by Crippen LogP contribution is 2.29. The molecule has 0 saturated heterocycles. The maximum Gasteiger partial charge on any atom is 0.319 e. The number of hydrogen-bond donors (Lipinski definition) is 3. The number of anilines is 1. The van der Waals surface area contributed by atoms with Crippen molar-refractivity contribution in [3.63, 3.8) is 0 Å². The Morgan fingerprint density at radius 3 is 2.68 bits per heavy atom. The molecule has 0 aliphatic heterocycles. The van der Waals surface area contributed by atoms with E-state index in [1.165, 1.54) is 0 Å². The smallest absolute Gasteiger partial charge is 0.319 e. The molecular formula is C15H17N2O2. The number of rotatable bonds is 4. The third-order valence-electron chi connectivity index (χ3n) is 2.86. The molecule has 0 saturated carbocycles. The zero-order valence-corrected chi connectivity index (χ0v) is 10.6. The van der Waals surface area contributed by atoms with Crippen LogP contribution >= 0.6 is 0 Å². The lowest BCUT2D eigenvalue weighted by molar-refractivity contribution is 0.252. The molecule has 2 rings (SSSR count). The molecule has 4 heteroatoms. The van der Waals surface area contributed by atoms with Crippen molar-refractivity contribution in [2.75, 3.05) is 11.9 Å². The summed E-state index contributed by atoms with van der Waals surface area (Å²) in [5, 5.41) is 16.9. The average Bonchev–Trinajstić information content (AvgIpc) is 2.40. The van der Waals surface area contributed by atoms with Gasteiger partial charge in [-0.15, -0.1) is 0 Å². The van der Waals surface area contributed by atoms with Gasteiger partial charge in [0.05, 0.1) is 5.69 Å². The molecule has 0 aliphatic rings. The van der Waals surface area contributed by atoms with E-state index >= 15 is 0 Å². The lowest BCUT2D eigenvalue weighted by Crippen LogP contribution is -2.29. The van der Waals surface area contributed by atoms with E-state index in [4.69, 9.17) is 0 Å². The third-order valence-corrected chi connectivity index (χ3v) is 2.86. The van der Waals surface area contributed by atoms with E-state index in [0.717, 1.165) is 23.6 Å². The number of carbonyl (C=O) groups excluding carboxylic acids is 1. The summed E-state index contributed by atoms with van der Waals surface area (Å²) in [4.78, 5) is 11.7. The van der Waals surface area contributed by atoms with Crippen LogP contribution in [0.1, 0.15) is 12.8 Å². The van der Waals surface area contributed by atoms with Crippen molar-refractivity contribution in [2.45, 2.75) is 12.8 Å². The van der Waals surface area contributed by atoms with Crippen molar-refractivity contribution in [3.8, 4) is 5.75 Å². The molecule has 0 aromatic heterocycles. The first-order chi connectivity index (χ1) is 9.22. The topological polar surface area (TPSA) is 61.4 Å². The summed E-state index contributed by atoms with van der Waals surface area (Å²) >= 11 is 0. The van der Waals surface area contributed by atoms with Gasteiger partial charge in [0, 0.05) is 17.3 Å². The average molecular weight is 257 g/mol. The zero-order chi connectivity index (χ0) is 13.7. The Morgan fingerprint density at radius 2 is 1.89 bits per heavy atom. The number of phenols is 1. The normalized spacial score (nSPS) is 10.4. The molecule has 2 amide bonds. The van der Waals surface area contributed by atoms with Crippen molar-refractivity contribution in [1.29, 1.82) is 0 Å². The zero-order valence-electron chi connectivity index (χ0n) is 10.6. The molecule has 3 N–H and O–H groups in total. The third kappa shape index (κ3) is 3.16. The minimum Gasteiger partial charge on any atom is -0.507 e. The quantitative estimate of drug-likeness (QED) is 0.736. The highest BCUT2D eigenvalue weighted by Gasteiger charge is 2.06. The van der Waals surface area contributed by atoms with Crippen LogP contribution in [0.2, 0.25) is 0 Å². The first-order valence-electron chi connectivity index (χ1n) is 6.27. The van der Waals surface area contributed by atoms with Crippen LogP contribution in [0, 0.1) is 6.92 Å². The Labute approximate surface area is 112 Å². The summed E-state index contributed by atoms with van der Waals surface area (Å²) in [6.45, 7) is 4.32. The van der Waals surface area contributed by atoms with Crippen LogP contribution < -0.4 is 10.6 Å². The minimum absolute atomic E-state index is 0.207. The van der Waals surface area contributed by atoms with Crippen LogP contribution in [-0.4, -0.2) is 17.7 Å². The van der Waals surface area contributed by atoms with Crippen molar-refractivity contribution in [1.82, 2.24) is 5.32 Å². The van der Waals surface area contributed by atoms with Gasteiger partial charge in [0.15, 0.2) is 0 Å². The largest absolute Gasteiger partial charge is 0.507 e. The van der Waals surface area contributed by atoms with E-state index < -0.39 is 0 Å². The van der Waals surface area contributed by atoms with Gasteiger partial charge in [-0.25, -0.2) is 4.79 Å². The lowest BCUT2D eigenvalue weighted by Gasteiger charge is -2.10. The number of fused-ring (bicyclic) bond motifs is 1. The predicted octanol–water partition coefficient (Wildman–Crippen LogP) is 3.28. The van der Waals surface area contributed by atoms with E-state index in [1.807, 2.05) is 18.2 Å². The molecule has 0 unspecified atom stereocenters. The molecule has 0 bridgehead atoms. The molecule has 2 aromatic carbocycles. The van der Waals surface area contributed by atoms with Gasteiger partial charge in [-0.2, -0.15) is 0 Å². The van der Waals surface area contributed by atoms with Crippen molar-refractivity contribution < 1.29 is 9.90 Å². The fourth-order valence-electron chi connectivity index (χ4n) is 1.90. The van der Waals surface area contributed by atoms with E-state index in [-0.39, 0.29) is 11.8 Å². The molecule has 99 valence electrons. The monoisotopic (exact) mass is 257 g/mol. The number of urea groups is 1. The van der Waals surface area contributed by atoms with Crippen LogP contribution in [0.25, 0.3) is 10.8 Å². The SMILES string of the molecule is [CH2]CCCNC(=O)Nc1cccc2c(O)cccc12. The van der Waals surface area contributed by atoms with Crippen molar-refractivity contribution in [2.24, 2.45) is 0 Å². The Morgan fingerprint density at radius 1 is 1.16 bits per heavy atom. The molecular weight excluding hydrogens is 240 g/mol. The van der Waals surface area contributed by atoms with Gasteiger partial charge in [0.2, 0.25) is 0 Å². The fraction of sp³-hybridized carbons (Fsp3) is 0.200. The molecule has 1 radical (unpaired) electrons. The molecule has 0 spiro atoms. The second-order valence-corrected chi connectivity index (χ2v) is 4.27. The molecule has 2 aromatic rings. The summed E-state index contributed by atoms with van der Waals surface area (Å²) in [5.74, 6) is 0.207. The number of unbranched alkanes of at least 4 members (excludes halogenated alkanes) is 1. The van der Waals surface area contributed by atoms with Gasteiger partial charge < -0.3 is 15.7 Å². The van der Waals surface area contributed by atoms with Crippen LogP contribution in [0.5, 0.6) is 5.75 Å². The fourth-order valence-corrected chi connectivity index (χ4v) is 1.90. The second kappa shape index (κ2) is 6.09. The first-order valence-corrected chi connectivity index (χ1v) is 6.27. The Kier molecular flexibility index (Phi) is 4.23. The van der Waals surface area contributed by atoms with Gasteiger partial charge in [-0.1, -0.05) is 37.6 Å². The highest BCUT2D eigenvalue weighted by atomic mass is 16.3. The van der Waals surface area contributed by atoms with Gasteiger partial charge in [-0.3, -0.25) is 0 Å². The van der Waals surface area contributed by atoms with Gasteiger partial charge in [0.25, 0.3) is 0 Å². The number of benzene rings is 2. The summed E-state index contributed by atoms with van der Waals surface area (Å²) < 4.78 is 0. The summed E-state index contributed by atoms with van der Waals surface area (Å²) in [5.41, 5.74) is 0.681. The summed E-state index contributed by atoms with van der Waals surface area (Å²) in [7, 11) is 0. The number of phenolic OH excluding ortho intramolecular Hbond substituents is 1. The second-order valence-electron chi connectivity index (χ2n) is 4.27. The predicted molar refractivity (Wildman–Crippen MR) is 77.2 cm³/mol. The van der Waals surface area contributed by atoms with Crippen molar-refractivity contribution >= 4 is 22.5 Å². The molecule has 0 fully saturated rings.